The molecule has 23 heavy (non-hydrogen) atoms. The number of carbonyl (C=O) groups excluding carboxylic acids is 1. The molecule has 4 heteroatoms. The van der Waals surface area contributed by atoms with Gasteiger partial charge in [0.2, 0.25) is 0 Å². The van der Waals surface area contributed by atoms with Gasteiger partial charge in [-0.1, -0.05) is 50.8 Å². The van der Waals surface area contributed by atoms with Gasteiger partial charge in [0.25, 0.3) is 5.91 Å². The van der Waals surface area contributed by atoms with Crippen LogP contribution in [0.4, 0.5) is 0 Å². The van der Waals surface area contributed by atoms with Gasteiger partial charge >= 0.3 is 0 Å². The van der Waals surface area contributed by atoms with Gasteiger partial charge in [0.1, 0.15) is 5.84 Å². The SMILES string of the molecule is C=CC(=O)/N=C1/N=C2C=CC(C(C)C)=CN2Cc2ccccc21. The Kier molecular flexibility index (Phi) is 4.06. The fourth-order valence-electron chi connectivity index (χ4n) is 2.59. The molecule has 0 aromatic heterocycles. The summed E-state index contributed by atoms with van der Waals surface area (Å²) in [4.78, 5) is 22.5. The third-order valence-corrected chi connectivity index (χ3v) is 3.90. The highest BCUT2D eigenvalue weighted by atomic mass is 16.1. The molecule has 0 fully saturated rings. The third-order valence-electron chi connectivity index (χ3n) is 3.90. The predicted octanol–water partition coefficient (Wildman–Crippen LogP) is 3.47. The molecule has 0 N–H and O–H groups in total. The van der Waals surface area contributed by atoms with Crippen molar-refractivity contribution >= 4 is 17.6 Å². The van der Waals surface area contributed by atoms with Crippen molar-refractivity contribution in [2.24, 2.45) is 15.9 Å². The number of hydrogen-bond acceptors (Lipinski definition) is 2. The number of amides is 1. The minimum atomic E-state index is -0.384. The minimum absolute atomic E-state index is 0.384. The second-order valence-electron chi connectivity index (χ2n) is 5.85. The standard InChI is InChI=1S/C19H19N3O/c1-4-18(23)21-19-16-8-6-5-7-15(16)12-22-11-14(13(2)3)9-10-17(22)20-19/h4-11,13H,1,12H2,2-3H3/b21-19+. The van der Waals surface area contributed by atoms with Crippen molar-refractivity contribution in [3.8, 4) is 0 Å². The molecule has 0 saturated carbocycles. The number of hydrogen-bond donors (Lipinski definition) is 0. The van der Waals surface area contributed by atoms with Crippen LogP contribution in [0.2, 0.25) is 0 Å². The van der Waals surface area contributed by atoms with Gasteiger partial charge in [-0.2, -0.15) is 4.99 Å². The molecule has 0 saturated heterocycles. The molecule has 1 amide bonds. The number of carbonyl (C=O) groups is 1. The molecular weight excluding hydrogens is 286 g/mol. The molecule has 4 nitrogen and oxygen atoms in total. The van der Waals surface area contributed by atoms with E-state index in [0.717, 1.165) is 17.0 Å². The van der Waals surface area contributed by atoms with Gasteiger partial charge in [-0.05, 0) is 29.2 Å². The molecule has 1 aromatic rings. The summed E-state index contributed by atoms with van der Waals surface area (Å²) >= 11 is 0. The Bertz CT molecular complexity index is 782. The molecule has 1 aromatic carbocycles. The van der Waals surface area contributed by atoms with Crippen molar-refractivity contribution < 1.29 is 4.79 Å². The zero-order valence-corrected chi connectivity index (χ0v) is 13.4. The highest BCUT2D eigenvalue weighted by Gasteiger charge is 2.22. The lowest BCUT2D eigenvalue weighted by Crippen LogP contribution is -2.26. The molecule has 0 radical (unpaired) electrons. The van der Waals surface area contributed by atoms with Gasteiger partial charge in [0, 0.05) is 18.3 Å². The summed E-state index contributed by atoms with van der Waals surface area (Å²) in [6.07, 6.45) is 7.38. The summed E-state index contributed by atoms with van der Waals surface area (Å²) in [5.74, 6) is 1.29. The monoisotopic (exact) mass is 305 g/mol. The van der Waals surface area contributed by atoms with E-state index in [1.165, 1.54) is 11.6 Å². The first kappa shape index (κ1) is 15.2. The second kappa shape index (κ2) is 6.16. The maximum atomic E-state index is 11.7. The van der Waals surface area contributed by atoms with Crippen molar-refractivity contribution in [1.82, 2.24) is 4.90 Å². The Morgan fingerprint density at radius 1 is 1.35 bits per heavy atom. The fraction of sp³-hybridized carbons (Fsp3) is 0.211. The summed E-state index contributed by atoms with van der Waals surface area (Å²) in [6, 6.07) is 7.92. The van der Waals surface area contributed by atoms with E-state index in [2.05, 4.69) is 47.6 Å². The molecule has 0 bridgehead atoms. The predicted molar refractivity (Wildman–Crippen MR) is 93.2 cm³/mol. The molecule has 0 spiro atoms. The van der Waals surface area contributed by atoms with Gasteiger partial charge in [0.05, 0.1) is 0 Å². The van der Waals surface area contributed by atoms with Crippen molar-refractivity contribution in [2.45, 2.75) is 20.4 Å². The van der Waals surface area contributed by atoms with E-state index in [0.29, 0.717) is 18.3 Å². The molecule has 0 unspecified atom stereocenters. The number of allylic oxidation sites excluding steroid dienone is 2. The lowest BCUT2D eigenvalue weighted by molar-refractivity contribution is -0.113. The van der Waals surface area contributed by atoms with Crippen LogP contribution in [0.15, 0.2) is 70.8 Å². The summed E-state index contributed by atoms with van der Waals surface area (Å²) in [7, 11) is 0. The Morgan fingerprint density at radius 3 is 2.87 bits per heavy atom. The summed E-state index contributed by atoms with van der Waals surface area (Å²) < 4.78 is 0. The molecular formula is C19H19N3O. The lowest BCUT2D eigenvalue weighted by Gasteiger charge is -2.24. The van der Waals surface area contributed by atoms with Crippen LogP contribution in [0.25, 0.3) is 0 Å². The van der Waals surface area contributed by atoms with E-state index >= 15 is 0 Å². The molecule has 2 aliphatic heterocycles. The van der Waals surface area contributed by atoms with Crippen LogP contribution in [0, 0.1) is 5.92 Å². The van der Waals surface area contributed by atoms with E-state index in [1.807, 2.05) is 30.3 Å². The van der Waals surface area contributed by atoms with Crippen LogP contribution < -0.4 is 0 Å². The fourth-order valence-corrected chi connectivity index (χ4v) is 2.59. The Morgan fingerprint density at radius 2 is 2.13 bits per heavy atom. The molecule has 116 valence electrons. The summed E-state index contributed by atoms with van der Waals surface area (Å²) in [6.45, 7) is 8.52. The first-order chi connectivity index (χ1) is 11.1. The topological polar surface area (TPSA) is 45.0 Å². The van der Waals surface area contributed by atoms with Gasteiger partial charge in [-0.15, -0.1) is 0 Å². The number of amidine groups is 2. The van der Waals surface area contributed by atoms with Crippen molar-refractivity contribution in [1.29, 1.82) is 0 Å². The van der Waals surface area contributed by atoms with Crippen LogP contribution in [0.3, 0.4) is 0 Å². The second-order valence-corrected chi connectivity index (χ2v) is 5.85. The molecule has 2 heterocycles. The van der Waals surface area contributed by atoms with Gasteiger partial charge in [-0.3, -0.25) is 4.79 Å². The number of fused-ring (bicyclic) bond motifs is 2. The van der Waals surface area contributed by atoms with Gasteiger partial charge in [0.15, 0.2) is 5.84 Å². The van der Waals surface area contributed by atoms with E-state index in [9.17, 15) is 4.79 Å². The zero-order valence-electron chi connectivity index (χ0n) is 13.4. The first-order valence-electron chi connectivity index (χ1n) is 7.67. The Hall–Kier alpha value is -2.75. The molecule has 2 aliphatic rings. The van der Waals surface area contributed by atoms with E-state index < -0.39 is 0 Å². The number of benzene rings is 1. The summed E-state index contributed by atoms with van der Waals surface area (Å²) in [5.41, 5.74) is 3.23. The smallest absolute Gasteiger partial charge is 0.271 e. The van der Waals surface area contributed by atoms with Crippen LogP contribution in [-0.2, 0) is 11.3 Å². The number of nitrogens with zero attached hydrogens (tertiary/aromatic N) is 3. The zero-order chi connectivity index (χ0) is 16.4. The molecule has 3 rings (SSSR count). The van der Waals surface area contributed by atoms with Crippen LogP contribution in [0.1, 0.15) is 25.0 Å². The molecule has 0 atom stereocenters. The van der Waals surface area contributed by atoms with Crippen LogP contribution in [0.5, 0.6) is 0 Å². The first-order valence-corrected chi connectivity index (χ1v) is 7.67. The van der Waals surface area contributed by atoms with E-state index in [4.69, 9.17) is 0 Å². The maximum Gasteiger partial charge on any atom is 0.271 e. The number of rotatable bonds is 2. The van der Waals surface area contributed by atoms with Gasteiger partial charge < -0.3 is 4.90 Å². The third kappa shape index (κ3) is 3.06. The largest absolute Gasteiger partial charge is 0.328 e. The summed E-state index contributed by atoms with van der Waals surface area (Å²) in [5, 5.41) is 0. The average molecular weight is 305 g/mol. The minimum Gasteiger partial charge on any atom is -0.328 e. The maximum absolute atomic E-state index is 11.7. The lowest BCUT2D eigenvalue weighted by atomic mass is 10.0. The van der Waals surface area contributed by atoms with Gasteiger partial charge in [-0.25, -0.2) is 4.99 Å². The van der Waals surface area contributed by atoms with Crippen LogP contribution >= 0.6 is 0 Å². The van der Waals surface area contributed by atoms with Crippen LogP contribution in [-0.4, -0.2) is 22.5 Å². The number of aliphatic imine (C=N–C) groups is 2. The van der Waals surface area contributed by atoms with Crippen molar-refractivity contribution in [3.63, 3.8) is 0 Å². The average Bonchev–Trinajstić information content (AvgIpc) is 2.70. The van der Waals surface area contributed by atoms with E-state index in [-0.39, 0.29) is 5.91 Å². The highest BCUT2D eigenvalue weighted by molar-refractivity contribution is 6.15. The van der Waals surface area contributed by atoms with Crippen molar-refractivity contribution in [2.75, 3.05) is 0 Å². The van der Waals surface area contributed by atoms with Crippen molar-refractivity contribution in [3.05, 3.63) is 72.0 Å². The Balaban J connectivity index is 2.12. The molecule has 0 aliphatic carbocycles. The highest BCUT2D eigenvalue weighted by Crippen LogP contribution is 2.24. The normalized spacial score (nSPS) is 18.0. The van der Waals surface area contributed by atoms with E-state index in [1.54, 1.807) is 0 Å². The Labute approximate surface area is 136 Å². The quantitative estimate of drug-likeness (QED) is 0.785.